The lowest BCUT2D eigenvalue weighted by Gasteiger charge is -2.10. The van der Waals surface area contributed by atoms with Gasteiger partial charge >= 0.3 is 0 Å². The number of aryl methyl sites for hydroxylation is 1. The minimum atomic E-state index is -0.673. The Morgan fingerprint density at radius 3 is 2.50 bits per heavy atom. The first-order valence-electron chi connectivity index (χ1n) is 5.11. The van der Waals surface area contributed by atoms with Crippen LogP contribution in [0.5, 0.6) is 0 Å². The monoisotopic (exact) mass is 331 g/mol. The minimum Gasteiger partial charge on any atom is -0.398 e. The van der Waals surface area contributed by atoms with E-state index in [2.05, 4.69) is 15.9 Å². The summed E-state index contributed by atoms with van der Waals surface area (Å²) in [7, 11) is 0. The van der Waals surface area contributed by atoms with Crippen molar-refractivity contribution >= 4 is 33.2 Å². The van der Waals surface area contributed by atoms with Gasteiger partial charge in [-0.1, -0.05) is 17.7 Å². The summed E-state index contributed by atoms with van der Waals surface area (Å²) in [4.78, 5) is 0. The molecule has 2 N–H and O–H groups in total. The van der Waals surface area contributed by atoms with E-state index in [1.165, 1.54) is 18.2 Å². The molecule has 0 aliphatic heterocycles. The van der Waals surface area contributed by atoms with Crippen LogP contribution in [0.25, 0.3) is 11.1 Å². The second kappa shape index (κ2) is 4.86. The van der Waals surface area contributed by atoms with Crippen molar-refractivity contribution in [1.29, 1.82) is 0 Å². The second-order valence-corrected chi connectivity index (χ2v) is 5.14. The van der Waals surface area contributed by atoms with Crippen LogP contribution in [0.3, 0.4) is 0 Å². The Kier molecular flexibility index (Phi) is 3.59. The fourth-order valence-electron chi connectivity index (χ4n) is 1.63. The van der Waals surface area contributed by atoms with Crippen molar-refractivity contribution in [2.45, 2.75) is 6.92 Å². The maximum atomic E-state index is 14.0. The molecule has 2 aromatic carbocycles. The lowest BCUT2D eigenvalue weighted by atomic mass is 10.0. The lowest BCUT2D eigenvalue weighted by molar-refractivity contribution is 0.615. The molecule has 0 saturated heterocycles. The molecular weight excluding hydrogens is 324 g/mol. The van der Waals surface area contributed by atoms with Crippen LogP contribution in [0.1, 0.15) is 5.56 Å². The van der Waals surface area contributed by atoms with Gasteiger partial charge in [0.05, 0.1) is 5.02 Å². The predicted molar refractivity (Wildman–Crippen MR) is 73.7 cm³/mol. The minimum absolute atomic E-state index is 0.0777. The van der Waals surface area contributed by atoms with Crippen LogP contribution in [0, 0.1) is 18.6 Å². The summed E-state index contributed by atoms with van der Waals surface area (Å²) in [5, 5.41) is -0.0777. The molecule has 0 unspecified atom stereocenters. The molecule has 0 saturated carbocycles. The molecule has 0 atom stereocenters. The van der Waals surface area contributed by atoms with Crippen molar-refractivity contribution in [2.24, 2.45) is 0 Å². The topological polar surface area (TPSA) is 26.0 Å². The molecule has 0 aliphatic carbocycles. The first kappa shape index (κ1) is 13.3. The maximum absolute atomic E-state index is 14.0. The summed E-state index contributed by atoms with van der Waals surface area (Å²) in [6, 6.07) is 5.71. The van der Waals surface area contributed by atoms with Gasteiger partial charge < -0.3 is 5.73 Å². The molecule has 0 fully saturated rings. The van der Waals surface area contributed by atoms with Gasteiger partial charge in [-0.25, -0.2) is 8.78 Å². The van der Waals surface area contributed by atoms with E-state index in [0.717, 1.165) is 0 Å². The fraction of sp³-hybridized carbons (Fsp3) is 0.0769. The first-order valence-corrected chi connectivity index (χ1v) is 6.28. The summed E-state index contributed by atoms with van der Waals surface area (Å²) in [6.07, 6.45) is 0. The predicted octanol–water partition coefficient (Wildman–Crippen LogP) is 4.94. The number of rotatable bonds is 1. The second-order valence-electron chi connectivity index (χ2n) is 3.91. The van der Waals surface area contributed by atoms with Gasteiger partial charge in [-0.15, -0.1) is 0 Å². The standard InChI is InChI=1S/C13H9BrClF2N/c1-6-4-10(16)8(5-11(6)18)7-2-3-9(14)12(15)13(7)17/h2-5H,18H2,1H3. The van der Waals surface area contributed by atoms with Gasteiger partial charge in [0.15, 0.2) is 5.82 Å². The van der Waals surface area contributed by atoms with E-state index in [1.54, 1.807) is 13.0 Å². The van der Waals surface area contributed by atoms with Crippen molar-refractivity contribution in [1.82, 2.24) is 0 Å². The maximum Gasteiger partial charge on any atom is 0.150 e. The van der Waals surface area contributed by atoms with Crippen LogP contribution in [-0.4, -0.2) is 0 Å². The van der Waals surface area contributed by atoms with Crippen LogP contribution < -0.4 is 5.73 Å². The molecule has 2 aromatic rings. The molecule has 0 bridgehead atoms. The third kappa shape index (κ3) is 2.22. The summed E-state index contributed by atoms with van der Waals surface area (Å²) in [5.41, 5.74) is 6.92. The highest BCUT2D eigenvalue weighted by Gasteiger charge is 2.16. The molecule has 0 spiro atoms. The summed E-state index contributed by atoms with van der Waals surface area (Å²) in [6.45, 7) is 1.69. The number of nitrogen functional groups attached to an aromatic ring is 1. The van der Waals surface area contributed by atoms with Crippen LogP contribution in [0.15, 0.2) is 28.7 Å². The van der Waals surface area contributed by atoms with E-state index < -0.39 is 11.6 Å². The van der Waals surface area contributed by atoms with Crippen molar-refractivity contribution in [3.63, 3.8) is 0 Å². The Bertz CT molecular complexity index is 629. The zero-order valence-electron chi connectivity index (χ0n) is 9.40. The van der Waals surface area contributed by atoms with Crippen LogP contribution in [-0.2, 0) is 0 Å². The van der Waals surface area contributed by atoms with Gasteiger partial charge in [0, 0.05) is 21.3 Å². The fourth-order valence-corrected chi connectivity index (χ4v) is 2.10. The molecule has 2 rings (SSSR count). The zero-order valence-corrected chi connectivity index (χ0v) is 11.7. The number of nitrogens with two attached hydrogens (primary N) is 1. The molecular formula is C13H9BrClF2N. The summed E-state index contributed by atoms with van der Waals surface area (Å²) in [5.74, 6) is -1.20. The third-order valence-corrected chi connectivity index (χ3v) is 3.94. The van der Waals surface area contributed by atoms with E-state index in [1.807, 2.05) is 0 Å². The number of hydrogen-bond donors (Lipinski definition) is 1. The Morgan fingerprint density at radius 2 is 1.83 bits per heavy atom. The van der Waals surface area contributed by atoms with Gasteiger partial charge in [-0.2, -0.15) is 0 Å². The Labute approximate surface area is 117 Å². The van der Waals surface area contributed by atoms with Gasteiger partial charge in [-0.05, 0) is 46.6 Å². The van der Waals surface area contributed by atoms with Gasteiger partial charge in [0.2, 0.25) is 0 Å². The van der Waals surface area contributed by atoms with Crippen molar-refractivity contribution in [3.05, 3.63) is 51.0 Å². The van der Waals surface area contributed by atoms with E-state index >= 15 is 0 Å². The molecule has 0 radical (unpaired) electrons. The highest BCUT2D eigenvalue weighted by molar-refractivity contribution is 9.10. The number of halogens is 4. The third-order valence-electron chi connectivity index (χ3n) is 2.68. The van der Waals surface area contributed by atoms with E-state index in [4.69, 9.17) is 17.3 Å². The van der Waals surface area contributed by atoms with E-state index in [9.17, 15) is 8.78 Å². The average molecular weight is 333 g/mol. The van der Waals surface area contributed by atoms with Gasteiger partial charge in [0.1, 0.15) is 5.82 Å². The molecule has 5 heteroatoms. The summed E-state index contributed by atoms with van der Waals surface area (Å²) >= 11 is 8.89. The van der Waals surface area contributed by atoms with Crippen molar-refractivity contribution < 1.29 is 8.78 Å². The zero-order chi connectivity index (χ0) is 13.4. The Balaban J connectivity index is 2.70. The normalized spacial score (nSPS) is 10.7. The van der Waals surface area contributed by atoms with Crippen molar-refractivity contribution in [3.8, 4) is 11.1 Å². The molecule has 18 heavy (non-hydrogen) atoms. The highest BCUT2D eigenvalue weighted by Crippen LogP contribution is 2.35. The van der Waals surface area contributed by atoms with E-state index in [0.29, 0.717) is 15.7 Å². The van der Waals surface area contributed by atoms with Gasteiger partial charge in [-0.3, -0.25) is 0 Å². The van der Waals surface area contributed by atoms with Crippen molar-refractivity contribution in [2.75, 3.05) is 5.73 Å². The lowest BCUT2D eigenvalue weighted by Crippen LogP contribution is -1.96. The van der Waals surface area contributed by atoms with Crippen LogP contribution in [0.4, 0.5) is 14.5 Å². The first-order chi connectivity index (χ1) is 8.41. The molecule has 1 nitrogen and oxygen atoms in total. The largest absolute Gasteiger partial charge is 0.398 e. The highest BCUT2D eigenvalue weighted by atomic mass is 79.9. The van der Waals surface area contributed by atoms with E-state index in [-0.39, 0.29) is 16.1 Å². The molecule has 0 amide bonds. The summed E-state index contributed by atoms with van der Waals surface area (Å²) < 4.78 is 28.3. The molecule has 94 valence electrons. The molecule has 0 aliphatic rings. The van der Waals surface area contributed by atoms with Crippen LogP contribution in [0.2, 0.25) is 5.02 Å². The smallest absolute Gasteiger partial charge is 0.150 e. The SMILES string of the molecule is Cc1cc(F)c(-c2ccc(Br)c(Cl)c2F)cc1N. The Hall–Kier alpha value is -1.13. The number of hydrogen-bond acceptors (Lipinski definition) is 1. The number of anilines is 1. The molecule has 0 heterocycles. The Morgan fingerprint density at radius 1 is 1.17 bits per heavy atom. The quantitative estimate of drug-likeness (QED) is 0.581. The van der Waals surface area contributed by atoms with Crippen LogP contribution >= 0.6 is 27.5 Å². The van der Waals surface area contributed by atoms with Gasteiger partial charge in [0.25, 0.3) is 0 Å². The number of benzene rings is 2. The average Bonchev–Trinajstić information content (AvgIpc) is 2.32. The molecule has 0 aromatic heterocycles.